The first kappa shape index (κ1) is 14.0. The van der Waals surface area contributed by atoms with Crippen molar-refractivity contribution in [2.75, 3.05) is 0 Å². The Morgan fingerprint density at radius 1 is 0.947 bits per heavy atom. The molecular formula is C17H19ClO. The Morgan fingerprint density at radius 2 is 1.58 bits per heavy atom. The largest absolute Gasteiger partial charge is 0.487 e. The van der Waals surface area contributed by atoms with Crippen molar-refractivity contribution in [1.29, 1.82) is 0 Å². The number of ether oxygens (including phenoxy) is 1. The lowest BCUT2D eigenvalue weighted by atomic mass is 9.87. The van der Waals surface area contributed by atoms with E-state index in [2.05, 4.69) is 45.0 Å². The number of para-hydroxylation sites is 1. The molecule has 0 saturated carbocycles. The fourth-order valence-corrected chi connectivity index (χ4v) is 2.01. The van der Waals surface area contributed by atoms with Crippen molar-refractivity contribution in [3.05, 3.63) is 64.7 Å². The van der Waals surface area contributed by atoms with Gasteiger partial charge in [-0.25, -0.2) is 0 Å². The minimum Gasteiger partial charge on any atom is -0.487 e. The van der Waals surface area contributed by atoms with Crippen LogP contribution >= 0.6 is 11.6 Å². The van der Waals surface area contributed by atoms with E-state index in [4.69, 9.17) is 16.3 Å². The smallest absolute Gasteiger partial charge is 0.138 e. The molecule has 2 aromatic rings. The summed E-state index contributed by atoms with van der Waals surface area (Å²) in [5.74, 6) is 0.726. The zero-order valence-corrected chi connectivity index (χ0v) is 12.4. The fraction of sp³-hybridized carbons (Fsp3) is 0.294. The minimum absolute atomic E-state index is 0.183. The van der Waals surface area contributed by atoms with Crippen LogP contribution in [0.3, 0.4) is 0 Å². The van der Waals surface area contributed by atoms with Crippen molar-refractivity contribution in [3.63, 3.8) is 0 Å². The third-order valence-corrected chi connectivity index (χ3v) is 3.36. The number of hydrogen-bond donors (Lipinski definition) is 0. The normalized spacial score (nSPS) is 11.4. The van der Waals surface area contributed by atoms with Gasteiger partial charge in [0, 0.05) is 0 Å². The van der Waals surface area contributed by atoms with Crippen LogP contribution in [0.15, 0.2) is 48.5 Å². The highest BCUT2D eigenvalue weighted by Gasteiger charge is 2.12. The lowest BCUT2D eigenvalue weighted by Gasteiger charge is -2.19. The van der Waals surface area contributed by atoms with E-state index in [1.807, 2.05) is 24.3 Å². The first-order valence-electron chi connectivity index (χ1n) is 6.43. The van der Waals surface area contributed by atoms with Crippen LogP contribution in [0.5, 0.6) is 5.75 Å². The highest BCUT2D eigenvalue weighted by Crippen LogP contribution is 2.25. The summed E-state index contributed by atoms with van der Waals surface area (Å²) in [5, 5.41) is 0.647. The quantitative estimate of drug-likeness (QED) is 0.746. The van der Waals surface area contributed by atoms with Crippen molar-refractivity contribution >= 4 is 11.6 Å². The molecule has 0 unspecified atom stereocenters. The number of hydrogen-bond acceptors (Lipinski definition) is 1. The van der Waals surface area contributed by atoms with Gasteiger partial charge in [-0.1, -0.05) is 68.8 Å². The molecule has 0 bridgehead atoms. The maximum absolute atomic E-state index is 6.05. The Morgan fingerprint density at radius 3 is 2.16 bits per heavy atom. The number of benzene rings is 2. The van der Waals surface area contributed by atoms with Crippen molar-refractivity contribution in [2.24, 2.45) is 0 Å². The Hall–Kier alpha value is -1.47. The Labute approximate surface area is 120 Å². The molecule has 19 heavy (non-hydrogen) atoms. The predicted octanol–water partition coefficient (Wildman–Crippen LogP) is 5.22. The van der Waals surface area contributed by atoms with Gasteiger partial charge < -0.3 is 4.74 Å². The first-order chi connectivity index (χ1) is 8.97. The average Bonchev–Trinajstić information content (AvgIpc) is 2.37. The van der Waals surface area contributed by atoms with E-state index in [0.717, 1.165) is 11.3 Å². The van der Waals surface area contributed by atoms with Crippen LogP contribution in [0.1, 0.15) is 31.9 Å². The van der Waals surface area contributed by atoms with Gasteiger partial charge in [-0.05, 0) is 28.7 Å². The molecule has 0 aliphatic carbocycles. The maximum Gasteiger partial charge on any atom is 0.138 e. The van der Waals surface area contributed by atoms with Crippen LogP contribution in [0.4, 0.5) is 0 Å². The molecule has 2 rings (SSSR count). The molecule has 0 atom stereocenters. The second-order valence-corrected chi connectivity index (χ2v) is 6.07. The Bertz CT molecular complexity index is 538. The van der Waals surface area contributed by atoms with Gasteiger partial charge in [-0.15, -0.1) is 0 Å². The highest BCUT2D eigenvalue weighted by atomic mass is 35.5. The molecule has 0 aliphatic heterocycles. The van der Waals surface area contributed by atoms with Crippen LogP contribution in [-0.2, 0) is 12.0 Å². The third kappa shape index (κ3) is 3.74. The summed E-state index contributed by atoms with van der Waals surface area (Å²) < 4.78 is 5.72. The van der Waals surface area contributed by atoms with E-state index in [1.165, 1.54) is 5.56 Å². The van der Waals surface area contributed by atoms with Crippen LogP contribution in [0.25, 0.3) is 0 Å². The van der Waals surface area contributed by atoms with Crippen LogP contribution in [-0.4, -0.2) is 0 Å². The zero-order chi connectivity index (χ0) is 13.9. The SMILES string of the molecule is CC(C)(C)c1ccc(COc2ccccc2Cl)cc1. The molecule has 2 aromatic carbocycles. The van der Waals surface area contributed by atoms with E-state index in [1.54, 1.807) is 0 Å². The van der Waals surface area contributed by atoms with Gasteiger partial charge in [-0.3, -0.25) is 0 Å². The molecule has 0 N–H and O–H groups in total. The average molecular weight is 275 g/mol. The Balaban J connectivity index is 2.03. The van der Waals surface area contributed by atoms with Crippen molar-refractivity contribution < 1.29 is 4.74 Å². The second-order valence-electron chi connectivity index (χ2n) is 5.67. The lowest BCUT2D eigenvalue weighted by molar-refractivity contribution is 0.306. The molecule has 0 heterocycles. The molecule has 0 spiro atoms. The number of halogens is 1. The summed E-state index contributed by atoms with van der Waals surface area (Å²) in [5.41, 5.74) is 2.66. The van der Waals surface area contributed by atoms with Gasteiger partial charge in [0.05, 0.1) is 5.02 Å². The third-order valence-electron chi connectivity index (χ3n) is 3.05. The summed E-state index contributed by atoms with van der Waals surface area (Å²) in [6.45, 7) is 7.17. The van der Waals surface area contributed by atoms with E-state index in [-0.39, 0.29) is 5.41 Å². The predicted molar refractivity (Wildman–Crippen MR) is 80.9 cm³/mol. The molecule has 0 saturated heterocycles. The molecule has 0 fully saturated rings. The molecule has 0 amide bonds. The van der Waals surface area contributed by atoms with E-state index < -0.39 is 0 Å². The standard InChI is InChI=1S/C17H19ClO/c1-17(2,3)14-10-8-13(9-11-14)12-19-16-7-5-4-6-15(16)18/h4-11H,12H2,1-3H3. The van der Waals surface area contributed by atoms with Crippen LogP contribution in [0.2, 0.25) is 5.02 Å². The van der Waals surface area contributed by atoms with E-state index in [0.29, 0.717) is 11.6 Å². The summed E-state index contributed by atoms with van der Waals surface area (Å²) in [4.78, 5) is 0. The second kappa shape index (κ2) is 5.66. The lowest BCUT2D eigenvalue weighted by Crippen LogP contribution is -2.10. The van der Waals surface area contributed by atoms with E-state index in [9.17, 15) is 0 Å². The summed E-state index contributed by atoms with van der Waals surface area (Å²) in [6.07, 6.45) is 0. The zero-order valence-electron chi connectivity index (χ0n) is 11.6. The van der Waals surface area contributed by atoms with Gasteiger partial charge >= 0.3 is 0 Å². The van der Waals surface area contributed by atoms with Crippen molar-refractivity contribution in [1.82, 2.24) is 0 Å². The molecule has 100 valence electrons. The molecule has 0 aromatic heterocycles. The van der Waals surface area contributed by atoms with Crippen LogP contribution < -0.4 is 4.74 Å². The maximum atomic E-state index is 6.05. The number of rotatable bonds is 3. The molecule has 0 aliphatic rings. The first-order valence-corrected chi connectivity index (χ1v) is 6.81. The van der Waals surface area contributed by atoms with Crippen molar-refractivity contribution in [3.8, 4) is 5.75 Å². The molecular weight excluding hydrogens is 256 g/mol. The van der Waals surface area contributed by atoms with Gasteiger partial charge in [0.1, 0.15) is 12.4 Å². The van der Waals surface area contributed by atoms with Gasteiger partial charge in [-0.2, -0.15) is 0 Å². The summed E-state index contributed by atoms with van der Waals surface area (Å²) >= 11 is 6.05. The minimum atomic E-state index is 0.183. The molecule has 2 heteroatoms. The Kier molecular flexibility index (Phi) is 4.16. The molecule has 1 nitrogen and oxygen atoms in total. The van der Waals surface area contributed by atoms with Gasteiger partial charge in [0.25, 0.3) is 0 Å². The topological polar surface area (TPSA) is 9.23 Å². The highest BCUT2D eigenvalue weighted by molar-refractivity contribution is 6.32. The van der Waals surface area contributed by atoms with Gasteiger partial charge in [0.15, 0.2) is 0 Å². The van der Waals surface area contributed by atoms with Gasteiger partial charge in [0.2, 0.25) is 0 Å². The summed E-state index contributed by atoms with van der Waals surface area (Å²) in [7, 11) is 0. The fourth-order valence-electron chi connectivity index (χ4n) is 1.82. The van der Waals surface area contributed by atoms with E-state index >= 15 is 0 Å². The monoisotopic (exact) mass is 274 g/mol. The molecule has 0 radical (unpaired) electrons. The van der Waals surface area contributed by atoms with Crippen LogP contribution in [0, 0.1) is 0 Å². The summed E-state index contributed by atoms with van der Waals surface area (Å²) in [6, 6.07) is 16.1. The van der Waals surface area contributed by atoms with Crippen molar-refractivity contribution in [2.45, 2.75) is 32.8 Å².